The van der Waals surface area contributed by atoms with Gasteiger partial charge in [-0.05, 0) is 67.1 Å². The van der Waals surface area contributed by atoms with Crippen LogP contribution in [0.4, 0.5) is 11.4 Å². The summed E-state index contributed by atoms with van der Waals surface area (Å²) >= 11 is 0. The normalized spacial score (nSPS) is 18.6. The summed E-state index contributed by atoms with van der Waals surface area (Å²) in [7, 11) is -3.79. The molecule has 174 valence electrons. The minimum Gasteiger partial charge on any atom is -0.369 e. The largest absolute Gasteiger partial charge is 0.369 e. The van der Waals surface area contributed by atoms with E-state index in [1.54, 1.807) is 16.4 Å². The first kappa shape index (κ1) is 23.4. The van der Waals surface area contributed by atoms with E-state index in [2.05, 4.69) is 51.7 Å². The Balaban J connectivity index is 1.87. The van der Waals surface area contributed by atoms with Crippen LogP contribution in [0.1, 0.15) is 58.2 Å². The second-order valence-corrected chi connectivity index (χ2v) is 11.7. The third kappa shape index (κ3) is 4.39. The van der Waals surface area contributed by atoms with Crippen molar-refractivity contribution >= 4 is 21.4 Å². The van der Waals surface area contributed by atoms with Crippen molar-refractivity contribution in [1.29, 1.82) is 0 Å². The monoisotopic (exact) mass is 462 g/mol. The first-order valence-corrected chi connectivity index (χ1v) is 13.1. The van der Waals surface area contributed by atoms with Gasteiger partial charge in [0, 0.05) is 18.3 Å². The summed E-state index contributed by atoms with van der Waals surface area (Å²) in [6.07, 6.45) is 0.721. The predicted octanol–water partition coefficient (Wildman–Crippen LogP) is 6.54. The summed E-state index contributed by atoms with van der Waals surface area (Å²) in [4.78, 5) is 2.68. The van der Waals surface area contributed by atoms with Crippen molar-refractivity contribution in [3.05, 3.63) is 90.0 Å². The van der Waals surface area contributed by atoms with Crippen LogP contribution in [0.25, 0.3) is 0 Å². The highest BCUT2D eigenvalue weighted by Crippen LogP contribution is 2.44. The number of fused-ring (bicyclic) bond motifs is 1. The Morgan fingerprint density at radius 3 is 2.12 bits per heavy atom. The quantitative estimate of drug-likeness (QED) is 0.432. The molecule has 1 aliphatic rings. The summed E-state index contributed by atoms with van der Waals surface area (Å²) < 4.78 is 30.0. The molecule has 2 unspecified atom stereocenters. The molecule has 0 amide bonds. The van der Waals surface area contributed by atoms with E-state index < -0.39 is 10.0 Å². The third-order valence-corrected chi connectivity index (χ3v) is 8.46. The van der Waals surface area contributed by atoms with Crippen LogP contribution in [-0.2, 0) is 15.4 Å². The lowest BCUT2D eigenvalue weighted by molar-refractivity contribution is 0.494. The molecule has 1 heterocycles. The second-order valence-electron chi connectivity index (χ2n) is 9.86. The number of rotatable bonds is 5. The molecular weight excluding hydrogens is 428 g/mol. The molecule has 2 atom stereocenters. The molecule has 4 nitrogen and oxygen atoms in total. The maximum Gasteiger partial charge on any atom is 0.264 e. The topological polar surface area (TPSA) is 40.6 Å². The fourth-order valence-corrected chi connectivity index (χ4v) is 6.49. The van der Waals surface area contributed by atoms with E-state index in [1.165, 1.54) is 0 Å². The Labute approximate surface area is 198 Å². The van der Waals surface area contributed by atoms with Crippen molar-refractivity contribution in [2.75, 3.05) is 15.7 Å². The maximum absolute atomic E-state index is 14.2. The Kier molecular flexibility index (Phi) is 6.28. The number of nitrogens with zero attached hydrogens (tertiary/aromatic N) is 2. The van der Waals surface area contributed by atoms with E-state index in [4.69, 9.17) is 0 Å². The Morgan fingerprint density at radius 1 is 0.909 bits per heavy atom. The van der Waals surface area contributed by atoms with E-state index in [0.717, 1.165) is 29.8 Å². The third-order valence-electron chi connectivity index (χ3n) is 6.61. The maximum atomic E-state index is 14.2. The van der Waals surface area contributed by atoms with Crippen molar-refractivity contribution in [2.45, 2.75) is 63.4 Å². The summed E-state index contributed by atoms with van der Waals surface area (Å²) in [6.45, 7) is 11.6. The first-order valence-electron chi connectivity index (χ1n) is 11.7. The number of para-hydroxylation sites is 2. The van der Waals surface area contributed by atoms with Crippen molar-refractivity contribution in [2.24, 2.45) is 0 Å². The average Bonchev–Trinajstić information content (AvgIpc) is 2.79. The number of benzene rings is 3. The van der Waals surface area contributed by atoms with E-state index in [0.29, 0.717) is 10.6 Å². The molecule has 0 aliphatic carbocycles. The summed E-state index contributed by atoms with van der Waals surface area (Å²) in [5, 5.41) is 0. The molecule has 1 aliphatic heterocycles. The summed E-state index contributed by atoms with van der Waals surface area (Å²) in [5.41, 5.74) is 3.93. The molecule has 5 heteroatoms. The smallest absolute Gasteiger partial charge is 0.264 e. The molecule has 0 saturated carbocycles. The molecule has 0 spiro atoms. The minimum atomic E-state index is -3.79. The molecule has 0 aromatic heterocycles. The summed E-state index contributed by atoms with van der Waals surface area (Å²) in [6, 6.07) is 25.0. The highest BCUT2D eigenvalue weighted by molar-refractivity contribution is 7.92. The highest BCUT2D eigenvalue weighted by Gasteiger charge is 2.39. The Morgan fingerprint density at radius 2 is 1.52 bits per heavy atom. The highest BCUT2D eigenvalue weighted by atomic mass is 32.2. The zero-order valence-electron chi connectivity index (χ0n) is 20.2. The lowest BCUT2D eigenvalue weighted by atomic mass is 9.87. The first-order chi connectivity index (χ1) is 15.6. The molecule has 0 saturated heterocycles. The van der Waals surface area contributed by atoms with Crippen LogP contribution in [0.2, 0.25) is 0 Å². The van der Waals surface area contributed by atoms with Gasteiger partial charge in [-0.3, -0.25) is 4.31 Å². The molecule has 0 N–H and O–H groups in total. The van der Waals surface area contributed by atoms with Gasteiger partial charge in [0.2, 0.25) is 0 Å². The second kappa shape index (κ2) is 8.86. The van der Waals surface area contributed by atoms with E-state index >= 15 is 0 Å². The predicted molar refractivity (Wildman–Crippen MR) is 138 cm³/mol. The molecule has 0 bridgehead atoms. The van der Waals surface area contributed by atoms with Crippen LogP contribution in [0.5, 0.6) is 0 Å². The van der Waals surface area contributed by atoms with Crippen LogP contribution in [0, 0.1) is 0 Å². The molecule has 0 radical (unpaired) electrons. The molecule has 4 rings (SSSR count). The Bertz CT molecular complexity index is 1200. The van der Waals surface area contributed by atoms with Crippen LogP contribution < -0.4 is 9.21 Å². The molecule has 33 heavy (non-hydrogen) atoms. The molecule has 0 fully saturated rings. The average molecular weight is 463 g/mol. The van der Waals surface area contributed by atoms with Crippen molar-refractivity contribution < 1.29 is 8.42 Å². The van der Waals surface area contributed by atoms with Gasteiger partial charge in [-0.1, -0.05) is 69.3 Å². The lowest BCUT2D eigenvalue weighted by Gasteiger charge is -2.44. The van der Waals surface area contributed by atoms with E-state index in [9.17, 15) is 8.42 Å². The fourth-order valence-electron chi connectivity index (χ4n) is 4.85. The van der Waals surface area contributed by atoms with E-state index in [-0.39, 0.29) is 17.5 Å². The number of hydrogen-bond donors (Lipinski definition) is 0. The standard InChI is InChI=1S/C28H34N2O2S/c1-6-29-21(2)20-27(25-14-10-11-15-26(25)29)30(23-12-8-7-9-13-23)33(31,32)24-18-16-22(17-19-24)28(3,4)5/h7-19,21,27H,6,20H2,1-5H3. The van der Waals surface area contributed by atoms with E-state index in [1.807, 2.05) is 54.6 Å². The van der Waals surface area contributed by atoms with Gasteiger partial charge in [0.1, 0.15) is 0 Å². The van der Waals surface area contributed by atoms with Crippen molar-refractivity contribution in [1.82, 2.24) is 0 Å². The van der Waals surface area contributed by atoms with Gasteiger partial charge < -0.3 is 4.90 Å². The zero-order valence-corrected chi connectivity index (χ0v) is 21.0. The molecule has 3 aromatic carbocycles. The van der Waals surface area contributed by atoms with Crippen molar-refractivity contribution in [3.8, 4) is 0 Å². The van der Waals surface area contributed by atoms with Gasteiger partial charge >= 0.3 is 0 Å². The number of anilines is 2. The number of hydrogen-bond acceptors (Lipinski definition) is 3. The van der Waals surface area contributed by atoms with Gasteiger partial charge in [0.05, 0.1) is 16.6 Å². The van der Waals surface area contributed by atoms with Gasteiger partial charge in [0.25, 0.3) is 10.0 Å². The Hall–Kier alpha value is -2.79. The minimum absolute atomic E-state index is 0.0389. The van der Waals surface area contributed by atoms with Gasteiger partial charge in [0.15, 0.2) is 0 Å². The lowest BCUT2D eigenvalue weighted by Crippen LogP contribution is -2.45. The SMILES string of the molecule is CCN1c2ccccc2C(N(c2ccccc2)S(=O)(=O)c2ccc(C(C)(C)C)cc2)CC1C. The number of sulfonamides is 1. The summed E-state index contributed by atoms with van der Waals surface area (Å²) in [5.74, 6) is 0. The molecule has 3 aromatic rings. The van der Waals surface area contributed by atoms with Crippen LogP contribution in [-0.4, -0.2) is 21.0 Å². The van der Waals surface area contributed by atoms with Gasteiger partial charge in [-0.2, -0.15) is 0 Å². The van der Waals surface area contributed by atoms with Gasteiger partial charge in [-0.25, -0.2) is 8.42 Å². The fraction of sp³-hybridized carbons (Fsp3) is 0.357. The van der Waals surface area contributed by atoms with Crippen LogP contribution in [0.3, 0.4) is 0 Å². The van der Waals surface area contributed by atoms with Crippen LogP contribution in [0.15, 0.2) is 83.8 Å². The van der Waals surface area contributed by atoms with Gasteiger partial charge in [-0.15, -0.1) is 0 Å². The zero-order chi connectivity index (χ0) is 23.8. The van der Waals surface area contributed by atoms with Crippen LogP contribution >= 0.6 is 0 Å². The molecular formula is C28H34N2O2S. The van der Waals surface area contributed by atoms with Crippen molar-refractivity contribution in [3.63, 3.8) is 0 Å².